The molecule has 0 aromatic rings. The fourth-order valence-corrected chi connectivity index (χ4v) is 3.04. The van der Waals surface area contributed by atoms with E-state index in [1.165, 1.54) is 4.90 Å². The third-order valence-electron chi connectivity index (χ3n) is 3.02. The Kier molecular flexibility index (Phi) is 5.94. The van der Waals surface area contributed by atoms with E-state index in [2.05, 4.69) is 5.32 Å². The number of carboxylic acids is 2. The molecule has 0 spiro atoms. The molecule has 0 saturated carbocycles. The monoisotopic (exact) mass is 290 g/mol. The summed E-state index contributed by atoms with van der Waals surface area (Å²) < 4.78 is 0. The lowest BCUT2D eigenvalue weighted by Crippen LogP contribution is -2.50. The first-order valence-corrected chi connectivity index (χ1v) is 7.13. The first-order valence-electron chi connectivity index (χ1n) is 5.97. The number of nitrogens with one attached hydrogen (secondary N) is 1. The Labute approximate surface area is 115 Å². The zero-order chi connectivity index (χ0) is 14.4. The van der Waals surface area contributed by atoms with Crippen LogP contribution in [0.4, 0.5) is 4.79 Å². The molecule has 1 saturated heterocycles. The van der Waals surface area contributed by atoms with E-state index in [0.717, 1.165) is 17.9 Å². The van der Waals surface area contributed by atoms with Gasteiger partial charge in [-0.25, -0.2) is 9.59 Å². The number of carbonyl (C=O) groups is 3. The lowest BCUT2D eigenvalue weighted by Gasteiger charge is -2.25. The van der Waals surface area contributed by atoms with Gasteiger partial charge in [0.1, 0.15) is 6.04 Å². The second-order valence-electron chi connectivity index (χ2n) is 4.40. The molecule has 19 heavy (non-hydrogen) atoms. The van der Waals surface area contributed by atoms with Crippen LogP contribution in [0, 0.1) is 0 Å². The van der Waals surface area contributed by atoms with Crippen molar-refractivity contribution in [3.63, 3.8) is 0 Å². The molecule has 1 aliphatic rings. The lowest BCUT2D eigenvalue weighted by atomic mass is 10.1. The number of aliphatic carboxylic acids is 2. The number of hydrogen-bond donors (Lipinski definition) is 3. The van der Waals surface area contributed by atoms with Gasteiger partial charge in [0.05, 0.1) is 0 Å². The first-order chi connectivity index (χ1) is 8.91. The molecular formula is C11H18N2O5S. The number of nitrogens with zero attached hydrogens (tertiary/aromatic N) is 1. The Hall–Kier alpha value is -1.44. The molecule has 1 rings (SSSR count). The minimum atomic E-state index is -1.22. The van der Waals surface area contributed by atoms with Gasteiger partial charge in [0.25, 0.3) is 0 Å². The van der Waals surface area contributed by atoms with E-state index in [1.807, 2.05) is 0 Å². The molecule has 1 aliphatic heterocycles. The highest BCUT2D eigenvalue weighted by Gasteiger charge is 2.27. The van der Waals surface area contributed by atoms with Crippen LogP contribution in [-0.2, 0) is 9.59 Å². The molecule has 1 fully saturated rings. The summed E-state index contributed by atoms with van der Waals surface area (Å²) in [5, 5.41) is 19.9. The van der Waals surface area contributed by atoms with Crippen molar-refractivity contribution in [2.45, 2.75) is 31.3 Å². The molecular weight excluding hydrogens is 272 g/mol. The maximum absolute atomic E-state index is 11.9. The van der Waals surface area contributed by atoms with Crippen molar-refractivity contribution in [2.75, 3.05) is 18.6 Å². The maximum atomic E-state index is 11.9. The van der Waals surface area contributed by atoms with Crippen molar-refractivity contribution in [1.29, 1.82) is 0 Å². The molecule has 0 aromatic carbocycles. The van der Waals surface area contributed by atoms with Gasteiger partial charge in [-0.05, 0) is 18.6 Å². The largest absolute Gasteiger partial charge is 0.481 e. The Morgan fingerprint density at radius 3 is 2.58 bits per heavy atom. The Morgan fingerprint density at radius 2 is 2.11 bits per heavy atom. The third-order valence-corrected chi connectivity index (χ3v) is 4.16. The molecule has 108 valence electrons. The van der Waals surface area contributed by atoms with Gasteiger partial charge in [-0.1, -0.05) is 0 Å². The molecule has 2 amide bonds. The third kappa shape index (κ3) is 4.98. The standard InChI is InChI=1S/C11H18N2O5S/c1-13(7-4-5-19-6-7)11(18)12-8(10(16)17)2-3-9(14)15/h7-8H,2-6H2,1H3,(H,12,18)(H,14,15)(H,16,17). The number of amides is 2. The second-order valence-corrected chi connectivity index (χ2v) is 5.55. The van der Waals surface area contributed by atoms with Crippen molar-refractivity contribution >= 4 is 29.7 Å². The van der Waals surface area contributed by atoms with E-state index >= 15 is 0 Å². The summed E-state index contributed by atoms with van der Waals surface area (Å²) in [6.07, 6.45) is 0.478. The molecule has 2 unspecified atom stereocenters. The van der Waals surface area contributed by atoms with Gasteiger partial charge in [0, 0.05) is 25.3 Å². The number of urea groups is 1. The van der Waals surface area contributed by atoms with Gasteiger partial charge in [-0.2, -0.15) is 11.8 Å². The molecule has 0 bridgehead atoms. The summed E-state index contributed by atoms with van der Waals surface area (Å²) in [5.74, 6) is -0.467. The number of carboxylic acid groups (broad SMARTS) is 2. The minimum Gasteiger partial charge on any atom is -0.481 e. The van der Waals surface area contributed by atoms with Crippen LogP contribution in [0.1, 0.15) is 19.3 Å². The smallest absolute Gasteiger partial charge is 0.326 e. The number of thioether (sulfide) groups is 1. The zero-order valence-electron chi connectivity index (χ0n) is 10.7. The topological polar surface area (TPSA) is 107 Å². The van der Waals surface area contributed by atoms with E-state index in [4.69, 9.17) is 10.2 Å². The lowest BCUT2D eigenvalue weighted by molar-refractivity contribution is -0.140. The van der Waals surface area contributed by atoms with Crippen LogP contribution < -0.4 is 5.32 Å². The minimum absolute atomic E-state index is 0.110. The molecule has 0 aliphatic carbocycles. The van der Waals surface area contributed by atoms with Crippen LogP contribution in [0.2, 0.25) is 0 Å². The molecule has 3 N–H and O–H groups in total. The van der Waals surface area contributed by atoms with Crippen molar-refractivity contribution < 1.29 is 24.6 Å². The highest BCUT2D eigenvalue weighted by Crippen LogP contribution is 2.21. The van der Waals surface area contributed by atoms with Crippen LogP contribution in [0.25, 0.3) is 0 Å². The molecule has 0 aromatic heterocycles. The van der Waals surface area contributed by atoms with E-state index in [0.29, 0.717) is 0 Å². The number of carbonyl (C=O) groups excluding carboxylic acids is 1. The summed E-state index contributed by atoms with van der Waals surface area (Å²) in [5.41, 5.74) is 0. The van der Waals surface area contributed by atoms with Crippen LogP contribution in [-0.4, -0.2) is 63.7 Å². The van der Waals surface area contributed by atoms with Crippen LogP contribution in [0.15, 0.2) is 0 Å². The predicted molar refractivity (Wildman–Crippen MR) is 70.3 cm³/mol. The average Bonchev–Trinajstić information content (AvgIpc) is 2.86. The fourth-order valence-electron chi connectivity index (χ4n) is 1.77. The fraction of sp³-hybridized carbons (Fsp3) is 0.727. The van der Waals surface area contributed by atoms with Crippen LogP contribution >= 0.6 is 11.8 Å². The summed E-state index contributed by atoms with van der Waals surface area (Å²) in [6, 6.07) is -1.52. The van der Waals surface area contributed by atoms with Gasteiger partial charge >= 0.3 is 18.0 Å². The van der Waals surface area contributed by atoms with E-state index in [1.54, 1.807) is 18.8 Å². The van der Waals surface area contributed by atoms with Gasteiger partial charge in [0.15, 0.2) is 0 Å². The SMILES string of the molecule is CN(C(=O)NC(CCC(=O)O)C(=O)O)C1CCSC1. The maximum Gasteiger partial charge on any atom is 0.326 e. The summed E-state index contributed by atoms with van der Waals surface area (Å²) >= 11 is 1.75. The quantitative estimate of drug-likeness (QED) is 0.655. The molecule has 1 heterocycles. The van der Waals surface area contributed by atoms with E-state index < -0.39 is 24.0 Å². The Bertz CT molecular complexity index is 357. The van der Waals surface area contributed by atoms with E-state index in [9.17, 15) is 14.4 Å². The highest BCUT2D eigenvalue weighted by molar-refractivity contribution is 7.99. The van der Waals surface area contributed by atoms with Crippen LogP contribution in [0.3, 0.4) is 0 Å². The van der Waals surface area contributed by atoms with Crippen molar-refractivity contribution in [3.05, 3.63) is 0 Å². The predicted octanol–water partition coefficient (Wildman–Crippen LogP) is 0.451. The van der Waals surface area contributed by atoms with Crippen molar-refractivity contribution in [1.82, 2.24) is 10.2 Å². The zero-order valence-corrected chi connectivity index (χ0v) is 11.5. The highest BCUT2D eigenvalue weighted by atomic mass is 32.2. The first kappa shape index (κ1) is 15.6. The van der Waals surface area contributed by atoms with Crippen LogP contribution in [0.5, 0.6) is 0 Å². The molecule has 0 radical (unpaired) electrons. The second kappa shape index (κ2) is 7.22. The Balaban J connectivity index is 2.50. The van der Waals surface area contributed by atoms with E-state index in [-0.39, 0.29) is 18.9 Å². The summed E-state index contributed by atoms with van der Waals surface area (Å²) in [4.78, 5) is 34.8. The molecule has 2 atom stereocenters. The van der Waals surface area contributed by atoms with Gasteiger partial charge in [0.2, 0.25) is 0 Å². The number of rotatable bonds is 6. The normalized spacial score (nSPS) is 19.7. The van der Waals surface area contributed by atoms with Crippen molar-refractivity contribution in [3.8, 4) is 0 Å². The van der Waals surface area contributed by atoms with Gasteiger partial charge in [-0.3, -0.25) is 4.79 Å². The summed E-state index contributed by atoms with van der Waals surface area (Å²) in [7, 11) is 1.63. The van der Waals surface area contributed by atoms with Crippen molar-refractivity contribution in [2.24, 2.45) is 0 Å². The van der Waals surface area contributed by atoms with Gasteiger partial charge < -0.3 is 20.4 Å². The summed E-state index contributed by atoms with van der Waals surface area (Å²) in [6.45, 7) is 0. The van der Waals surface area contributed by atoms with Gasteiger partial charge in [-0.15, -0.1) is 0 Å². The Morgan fingerprint density at radius 1 is 1.42 bits per heavy atom. The molecule has 8 heteroatoms. The number of hydrogen-bond acceptors (Lipinski definition) is 4. The average molecular weight is 290 g/mol. The molecule has 7 nitrogen and oxygen atoms in total.